The molecule has 0 amide bonds. The predicted octanol–water partition coefficient (Wildman–Crippen LogP) is -1.19. The normalized spacial score (nSPS) is 0. The van der Waals surface area contributed by atoms with Gasteiger partial charge in [-0.1, -0.05) is 0 Å². The molecule has 0 aromatic carbocycles. The van der Waals surface area contributed by atoms with Crippen molar-refractivity contribution in [2.45, 2.75) is 0 Å². The van der Waals surface area contributed by atoms with Gasteiger partial charge in [0.2, 0.25) is 0 Å². The van der Waals surface area contributed by atoms with E-state index in [1.165, 1.54) is 0 Å². The molecule has 4 heteroatoms. The van der Waals surface area contributed by atoms with Crippen LogP contribution in [0.3, 0.4) is 0 Å². The molecule has 0 aliphatic heterocycles. The first-order chi connectivity index (χ1) is 0. The van der Waals surface area contributed by atoms with E-state index in [0.29, 0.717) is 0 Å². The molecule has 0 aromatic heterocycles. The fourth-order valence-electron chi connectivity index (χ4n) is 0. The Kier molecular flexibility index (Phi) is 146. The van der Waals surface area contributed by atoms with E-state index in [-0.39, 0.29) is 76.3 Å². The van der Waals surface area contributed by atoms with Crippen molar-refractivity contribution in [3.8, 4) is 0 Å². The molecule has 4 heavy (non-hydrogen) atoms. The Hall–Kier alpha value is 2.42. The monoisotopic (exact) mass is 338 g/mol. The molecule has 0 N–H and O–H groups in total. The SMILES string of the molecule is [AlH3].[Cu].[Ta].[Zn]. The average Bonchev–Trinajstić information content (AvgIpc) is 0. The smallest absolute Gasteiger partial charge is 0 e. The summed E-state index contributed by atoms with van der Waals surface area (Å²) in [6.07, 6.45) is 0. The molecule has 0 atom stereocenters. The van der Waals surface area contributed by atoms with E-state index in [1.807, 2.05) is 0 Å². The van der Waals surface area contributed by atoms with Gasteiger partial charge in [0, 0.05) is 58.9 Å². The Morgan fingerprint density at radius 2 is 1.00 bits per heavy atom. The Morgan fingerprint density at radius 1 is 1.00 bits per heavy atom. The van der Waals surface area contributed by atoms with Crippen LogP contribution in [0.4, 0.5) is 0 Å². The van der Waals surface area contributed by atoms with Gasteiger partial charge in [-0.15, -0.1) is 0 Å². The van der Waals surface area contributed by atoms with Gasteiger partial charge in [-0.2, -0.15) is 0 Å². The summed E-state index contributed by atoms with van der Waals surface area (Å²) in [7, 11) is 0. The molecule has 0 aromatic rings. The van der Waals surface area contributed by atoms with E-state index in [9.17, 15) is 0 Å². The van der Waals surface area contributed by atoms with Gasteiger partial charge >= 0.3 is 0 Å². The van der Waals surface area contributed by atoms with Crippen molar-refractivity contribution in [1.29, 1.82) is 0 Å². The van der Waals surface area contributed by atoms with Crippen molar-refractivity contribution < 1.29 is 58.9 Å². The van der Waals surface area contributed by atoms with Crippen LogP contribution in [0.15, 0.2) is 0 Å². The molecule has 0 spiro atoms. The van der Waals surface area contributed by atoms with E-state index in [0.717, 1.165) is 0 Å². The first kappa shape index (κ1) is 32.2. The van der Waals surface area contributed by atoms with Gasteiger partial charge in [0.1, 0.15) is 0 Å². The van der Waals surface area contributed by atoms with Crippen molar-refractivity contribution in [3.63, 3.8) is 0 Å². The maximum absolute atomic E-state index is 0. The molecule has 0 bridgehead atoms. The van der Waals surface area contributed by atoms with Gasteiger partial charge in [-0.05, 0) is 0 Å². The van der Waals surface area contributed by atoms with Gasteiger partial charge in [-0.25, -0.2) is 0 Å². The van der Waals surface area contributed by atoms with E-state index in [1.54, 1.807) is 0 Å². The summed E-state index contributed by atoms with van der Waals surface area (Å²) >= 11 is 0. The Morgan fingerprint density at radius 3 is 1.00 bits per heavy atom. The fourth-order valence-corrected chi connectivity index (χ4v) is 0. The van der Waals surface area contributed by atoms with Crippen LogP contribution in [0.1, 0.15) is 0 Å². The van der Waals surface area contributed by atoms with Gasteiger partial charge < -0.3 is 0 Å². The second kappa shape index (κ2) is 18.1. The number of hydrogen-bond acceptors (Lipinski definition) is 0. The van der Waals surface area contributed by atoms with E-state index < -0.39 is 0 Å². The number of hydrogen-bond donors (Lipinski definition) is 0. The molecule has 0 aliphatic carbocycles. The molecular formula is H3AlCuTaZn. The third kappa shape index (κ3) is 8.83. The van der Waals surface area contributed by atoms with Crippen LogP contribution in [-0.2, 0) is 58.9 Å². The van der Waals surface area contributed by atoms with Crippen molar-refractivity contribution >= 4 is 17.4 Å². The van der Waals surface area contributed by atoms with Crippen LogP contribution in [0.2, 0.25) is 0 Å². The molecule has 0 saturated carbocycles. The van der Waals surface area contributed by atoms with Gasteiger partial charge in [0.05, 0.1) is 0 Å². The van der Waals surface area contributed by atoms with Crippen LogP contribution in [0, 0.1) is 0 Å². The zero-order valence-electron chi connectivity index (χ0n) is 1.46. The molecule has 0 unspecified atom stereocenters. The topological polar surface area (TPSA) is 0 Å². The molecule has 0 fully saturated rings. The minimum absolute atomic E-state index is 0. The van der Waals surface area contributed by atoms with Crippen molar-refractivity contribution in [1.82, 2.24) is 0 Å². The Balaban J connectivity index is 0. The van der Waals surface area contributed by atoms with E-state index in [2.05, 4.69) is 0 Å². The third-order valence-electron chi connectivity index (χ3n) is 0. The second-order valence-electron chi connectivity index (χ2n) is 0. The first-order valence-electron chi connectivity index (χ1n) is 0. The zero-order chi connectivity index (χ0) is 0. The quantitative estimate of drug-likeness (QED) is 0.487. The Labute approximate surface area is 75.4 Å². The van der Waals surface area contributed by atoms with Crippen LogP contribution < -0.4 is 0 Å². The van der Waals surface area contributed by atoms with Gasteiger partial charge in [0.15, 0.2) is 17.4 Å². The maximum atomic E-state index is 0. The Bertz CT molecular complexity index is 8.00. The zero-order valence-corrected chi connectivity index (χ0v) is 8.58. The minimum atomic E-state index is 0. The molecule has 0 rings (SSSR count). The molecule has 0 nitrogen and oxygen atoms in total. The predicted molar refractivity (Wildman–Crippen MR) is 9.94 cm³/mol. The molecule has 0 heterocycles. The standard InChI is InChI=1S/Al.Cu.Ta.Zn.3H. The van der Waals surface area contributed by atoms with Crippen LogP contribution in [-0.4, -0.2) is 17.4 Å². The summed E-state index contributed by atoms with van der Waals surface area (Å²) in [6.45, 7) is 0. The van der Waals surface area contributed by atoms with Crippen molar-refractivity contribution in [2.24, 2.45) is 0 Å². The maximum Gasteiger partial charge on any atom is 0.187 e. The average molecular weight is 340 g/mol. The first-order valence-corrected chi connectivity index (χ1v) is 0. The van der Waals surface area contributed by atoms with E-state index in [4.69, 9.17) is 0 Å². The molecule has 0 aliphatic rings. The third-order valence-corrected chi connectivity index (χ3v) is 0. The largest absolute Gasteiger partial charge is 0.187 e. The van der Waals surface area contributed by atoms with Gasteiger partial charge in [0.25, 0.3) is 0 Å². The van der Waals surface area contributed by atoms with E-state index >= 15 is 0 Å². The molecular weight excluding hydrogens is 337 g/mol. The van der Waals surface area contributed by atoms with Crippen LogP contribution in [0.5, 0.6) is 0 Å². The summed E-state index contributed by atoms with van der Waals surface area (Å²) in [6, 6.07) is 0. The summed E-state index contributed by atoms with van der Waals surface area (Å²) in [5.74, 6) is 0. The van der Waals surface area contributed by atoms with Crippen LogP contribution in [0.25, 0.3) is 0 Å². The summed E-state index contributed by atoms with van der Waals surface area (Å²) in [5.41, 5.74) is 0. The van der Waals surface area contributed by atoms with Crippen molar-refractivity contribution in [2.75, 3.05) is 0 Å². The molecule has 24 valence electrons. The van der Waals surface area contributed by atoms with Crippen LogP contribution >= 0.6 is 0 Å². The summed E-state index contributed by atoms with van der Waals surface area (Å²) in [5, 5.41) is 0. The fraction of sp³-hybridized carbons (Fsp3) is 0. The molecule has 2 radical (unpaired) electrons. The second-order valence-corrected chi connectivity index (χ2v) is 0. The summed E-state index contributed by atoms with van der Waals surface area (Å²) in [4.78, 5) is 0. The van der Waals surface area contributed by atoms with Gasteiger partial charge in [-0.3, -0.25) is 0 Å². The minimum Gasteiger partial charge on any atom is 0 e. The van der Waals surface area contributed by atoms with Crippen molar-refractivity contribution in [3.05, 3.63) is 0 Å². The molecule has 0 saturated heterocycles. The summed E-state index contributed by atoms with van der Waals surface area (Å²) < 4.78 is 0. The number of rotatable bonds is 0.